The Morgan fingerprint density at radius 2 is 1.15 bits per heavy atom. The summed E-state index contributed by atoms with van der Waals surface area (Å²) < 4.78 is 5.84. The van der Waals surface area contributed by atoms with Crippen LogP contribution in [-0.2, 0) is 4.74 Å². The Labute approximate surface area is 166 Å². The second kappa shape index (κ2) is 14.7. The van der Waals surface area contributed by atoms with Crippen molar-refractivity contribution in [1.82, 2.24) is 0 Å². The van der Waals surface area contributed by atoms with Crippen molar-refractivity contribution in [2.24, 2.45) is 5.92 Å². The molecule has 0 radical (unpaired) electrons. The van der Waals surface area contributed by atoms with E-state index in [4.69, 9.17) is 4.74 Å². The first-order valence-electron chi connectivity index (χ1n) is 11.4. The van der Waals surface area contributed by atoms with E-state index in [2.05, 4.69) is 13.8 Å². The number of hydrogen-bond donors (Lipinski definition) is 4. The van der Waals surface area contributed by atoms with Gasteiger partial charge in [0.2, 0.25) is 0 Å². The molecule has 1 heterocycles. The first-order chi connectivity index (χ1) is 13.1. The molecule has 6 atom stereocenters. The van der Waals surface area contributed by atoms with E-state index in [1.807, 2.05) is 0 Å². The van der Waals surface area contributed by atoms with Gasteiger partial charge in [-0.25, -0.2) is 0 Å². The first-order valence-corrected chi connectivity index (χ1v) is 11.4. The lowest BCUT2D eigenvalue weighted by atomic mass is 9.82. The number of unbranched alkanes of at least 4 members (excludes halogenated alkanes) is 9. The molecule has 1 saturated heterocycles. The molecule has 0 aromatic heterocycles. The molecule has 1 aliphatic rings. The molecule has 5 heteroatoms. The highest BCUT2D eigenvalue weighted by Crippen LogP contribution is 2.32. The number of aliphatic hydroxyl groups excluding tert-OH is 4. The van der Waals surface area contributed by atoms with Gasteiger partial charge in [-0.05, 0) is 18.8 Å². The maximum Gasteiger partial charge on any atom is 0.111 e. The maximum absolute atomic E-state index is 10.5. The quantitative estimate of drug-likeness (QED) is 0.322. The molecule has 0 amide bonds. The average molecular weight is 389 g/mol. The van der Waals surface area contributed by atoms with Crippen molar-refractivity contribution < 1.29 is 25.2 Å². The van der Waals surface area contributed by atoms with Gasteiger partial charge in [0.1, 0.15) is 24.4 Å². The van der Waals surface area contributed by atoms with Gasteiger partial charge in [-0.2, -0.15) is 0 Å². The summed E-state index contributed by atoms with van der Waals surface area (Å²) in [5.74, 6) is 0.155. The molecule has 2 unspecified atom stereocenters. The molecule has 0 aromatic carbocycles. The molecule has 0 aromatic rings. The van der Waals surface area contributed by atoms with Crippen molar-refractivity contribution in [3.8, 4) is 0 Å². The summed E-state index contributed by atoms with van der Waals surface area (Å²) in [7, 11) is 0. The largest absolute Gasteiger partial charge is 0.394 e. The fraction of sp³-hybridized carbons (Fsp3) is 1.00. The Bertz CT molecular complexity index is 350. The monoisotopic (exact) mass is 388 g/mol. The molecule has 1 fully saturated rings. The maximum atomic E-state index is 10.5. The van der Waals surface area contributed by atoms with Crippen molar-refractivity contribution in [3.63, 3.8) is 0 Å². The van der Waals surface area contributed by atoms with E-state index in [1.54, 1.807) is 0 Å². The molecular formula is C22H44O5. The van der Waals surface area contributed by atoms with Gasteiger partial charge in [0.25, 0.3) is 0 Å². The van der Waals surface area contributed by atoms with Crippen LogP contribution >= 0.6 is 0 Å². The smallest absolute Gasteiger partial charge is 0.111 e. The molecule has 162 valence electrons. The highest BCUT2D eigenvalue weighted by molar-refractivity contribution is 4.94. The van der Waals surface area contributed by atoms with Crippen molar-refractivity contribution in [2.75, 3.05) is 6.61 Å². The fourth-order valence-corrected chi connectivity index (χ4v) is 4.19. The van der Waals surface area contributed by atoms with Gasteiger partial charge in [-0.15, -0.1) is 0 Å². The van der Waals surface area contributed by atoms with Gasteiger partial charge in [-0.3, -0.25) is 0 Å². The Kier molecular flexibility index (Phi) is 13.6. The van der Waals surface area contributed by atoms with E-state index >= 15 is 0 Å². The summed E-state index contributed by atoms with van der Waals surface area (Å²) in [5, 5.41) is 40.0. The van der Waals surface area contributed by atoms with Crippen LogP contribution in [0.3, 0.4) is 0 Å². The Morgan fingerprint density at radius 1 is 0.667 bits per heavy atom. The van der Waals surface area contributed by atoms with Crippen LogP contribution in [-0.4, -0.2) is 57.6 Å². The number of aliphatic hydroxyl groups is 4. The number of rotatable bonds is 15. The molecule has 0 bridgehead atoms. The summed E-state index contributed by atoms with van der Waals surface area (Å²) in [5.41, 5.74) is 0. The number of hydrogen-bond acceptors (Lipinski definition) is 5. The Morgan fingerprint density at radius 3 is 1.70 bits per heavy atom. The lowest BCUT2D eigenvalue weighted by Gasteiger charge is -2.43. The average Bonchev–Trinajstić information content (AvgIpc) is 2.67. The molecule has 1 aliphatic heterocycles. The summed E-state index contributed by atoms with van der Waals surface area (Å²) in [6, 6.07) is 0. The van der Waals surface area contributed by atoms with Crippen molar-refractivity contribution in [1.29, 1.82) is 0 Å². The zero-order valence-electron chi connectivity index (χ0n) is 17.6. The van der Waals surface area contributed by atoms with Crippen LogP contribution in [0.4, 0.5) is 0 Å². The van der Waals surface area contributed by atoms with Crippen LogP contribution in [0.25, 0.3) is 0 Å². The topological polar surface area (TPSA) is 90.2 Å². The lowest BCUT2D eigenvalue weighted by Crippen LogP contribution is -2.60. The predicted octanol–water partition coefficient (Wildman–Crippen LogP) is 3.56. The Balaban J connectivity index is 2.49. The second-order valence-corrected chi connectivity index (χ2v) is 8.31. The molecule has 0 aliphatic carbocycles. The molecule has 0 spiro atoms. The van der Waals surface area contributed by atoms with Crippen LogP contribution in [0.5, 0.6) is 0 Å². The van der Waals surface area contributed by atoms with Crippen LogP contribution < -0.4 is 0 Å². The second-order valence-electron chi connectivity index (χ2n) is 8.31. The highest BCUT2D eigenvalue weighted by Gasteiger charge is 2.45. The van der Waals surface area contributed by atoms with Crippen molar-refractivity contribution >= 4 is 0 Å². The normalized spacial score (nSPS) is 29.8. The minimum absolute atomic E-state index is 0.155. The lowest BCUT2D eigenvalue weighted by molar-refractivity contribution is -0.242. The van der Waals surface area contributed by atoms with Gasteiger partial charge < -0.3 is 25.2 Å². The van der Waals surface area contributed by atoms with Gasteiger partial charge in [0.05, 0.1) is 12.7 Å². The van der Waals surface area contributed by atoms with Crippen LogP contribution in [0.2, 0.25) is 0 Å². The summed E-state index contributed by atoms with van der Waals surface area (Å²) in [6.45, 7) is 4.06. The van der Waals surface area contributed by atoms with Gasteiger partial charge >= 0.3 is 0 Å². The van der Waals surface area contributed by atoms with Crippen molar-refractivity contribution in [2.45, 2.75) is 128 Å². The molecular weight excluding hydrogens is 344 g/mol. The zero-order chi connectivity index (χ0) is 20.1. The van der Waals surface area contributed by atoms with E-state index < -0.39 is 30.5 Å². The van der Waals surface area contributed by atoms with E-state index in [0.717, 1.165) is 38.5 Å². The van der Waals surface area contributed by atoms with Gasteiger partial charge in [0.15, 0.2) is 0 Å². The number of ether oxygens (including phenoxy) is 1. The summed E-state index contributed by atoms with van der Waals surface area (Å²) >= 11 is 0. The highest BCUT2D eigenvalue weighted by atomic mass is 16.5. The standard InChI is InChI=1S/C22H44O5/c1-3-5-7-8-9-10-11-13-15-17(14-12-6-4-2)22-21(26)20(25)19(24)18(16-23)27-22/h17-26H,3-16H2,1-2H3/t17?,18-,19-,20+,21-,22?/m1/s1. The predicted molar refractivity (Wildman–Crippen MR) is 109 cm³/mol. The van der Waals surface area contributed by atoms with E-state index in [9.17, 15) is 20.4 Å². The SMILES string of the molecule is CCCCCCCCCCC(CCCCC)C1O[C@H](CO)[C@@H](O)[C@H](O)[C@H]1O. The fourth-order valence-electron chi connectivity index (χ4n) is 4.19. The first kappa shape index (κ1) is 24.8. The third-order valence-electron chi connectivity index (χ3n) is 6.00. The van der Waals surface area contributed by atoms with Crippen LogP contribution in [0, 0.1) is 5.92 Å². The van der Waals surface area contributed by atoms with Crippen LogP contribution in [0.1, 0.15) is 97.3 Å². The van der Waals surface area contributed by atoms with Crippen LogP contribution in [0.15, 0.2) is 0 Å². The Hall–Kier alpha value is -0.200. The van der Waals surface area contributed by atoms with E-state index in [-0.39, 0.29) is 12.5 Å². The molecule has 1 rings (SSSR count). The van der Waals surface area contributed by atoms with E-state index in [0.29, 0.717) is 0 Å². The third kappa shape index (κ3) is 8.78. The van der Waals surface area contributed by atoms with Crippen molar-refractivity contribution in [3.05, 3.63) is 0 Å². The van der Waals surface area contributed by atoms with Gasteiger partial charge in [0, 0.05) is 0 Å². The minimum Gasteiger partial charge on any atom is -0.394 e. The molecule has 4 N–H and O–H groups in total. The summed E-state index contributed by atoms with van der Waals surface area (Å²) in [6.07, 6.45) is 10.4. The van der Waals surface area contributed by atoms with Gasteiger partial charge in [-0.1, -0.05) is 84.5 Å². The minimum atomic E-state index is -1.26. The molecule has 5 nitrogen and oxygen atoms in total. The molecule has 27 heavy (non-hydrogen) atoms. The summed E-state index contributed by atoms with van der Waals surface area (Å²) in [4.78, 5) is 0. The van der Waals surface area contributed by atoms with E-state index in [1.165, 1.54) is 44.9 Å². The zero-order valence-corrected chi connectivity index (χ0v) is 17.6. The third-order valence-corrected chi connectivity index (χ3v) is 6.00. The molecule has 0 saturated carbocycles.